The maximum Gasteiger partial charge on any atom is 0.224 e. The lowest BCUT2D eigenvalue weighted by molar-refractivity contribution is -0.115. The van der Waals surface area contributed by atoms with Crippen LogP contribution < -0.4 is 15.4 Å². The fraction of sp³-hybridized carbons (Fsp3) is 0.208. The number of benzene rings is 2. The Kier molecular flexibility index (Phi) is 6.72. The molecule has 3 N–H and O–H groups in total. The average molecular weight is 484 g/mol. The van der Waals surface area contributed by atoms with Crippen molar-refractivity contribution in [2.75, 3.05) is 10.6 Å². The van der Waals surface area contributed by atoms with E-state index in [-0.39, 0.29) is 12.0 Å². The first-order chi connectivity index (χ1) is 15.9. The molecule has 0 saturated heterocycles. The molecule has 0 aliphatic rings. The van der Waals surface area contributed by atoms with Gasteiger partial charge in [0.15, 0.2) is 5.82 Å². The van der Waals surface area contributed by atoms with E-state index in [1.807, 2.05) is 57.2 Å². The van der Waals surface area contributed by atoms with E-state index in [9.17, 15) is 4.79 Å². The van der Waals surface area contributed by atoms with Gasteiger partial charge in [0, 0.05) is 29.8 Å². The Morgan fingerprint density at radius 2 is 1.94 bits per heavy atom. The topological polar surface area (TPSA) is 91.9 Å². The van der Waals surface area contributed by atoms with Crippen molar-refractivity contribution in [2.45, 2.75) is 33.3 Å². The molecule has 2 aromatic carbocycles. The van der Waals surface area contributed by atoms with Crippen LogP contribution in [0.15, 0.2) is 48.8 Å². The summed E-state index contributed by atoms with van der Waals surface area (Å²) in [4.78, 5) is 16.0. The SMILES string of the molecule is CCC(=O)Nc1cccc(C)c1Nc1n[nH]c2ccc(OC(C)c3c(Cl)cncc3Cl)cc12. The highest BCUT2D eigenvalue weighted by Crippen LogP contribution is 2.35. The van der Waals surface area contributed by atoms with Gasteiger partial charge in [-0.3, -0.25) is 14.9 Å². The maximum absolute atomic E-state index is 12.0. The van der Waals surface area contributed by atoms with E-state index in [1.165, 1.54) is 0 Å². The van der Waals surface area contributed by atoms with E-state index < -0.39 is 0 Å². The van der Waals surface area contributed by atoms with Crippen LogP contribution in [-0.4, -0.2) is 21.1 Å². The number of rotatable bonds is 7. The zero-order valence-electron chi connectivity index (χ0n) is 18.4. The number of amides is 1. The first-order valence-electron chi connectivity index (χ1n) is 10.5. The summed E-state index contributed by atoms with van der Waals surface area (Å²) in [5, 5.41) is 15.5. The van der Waals surface area contributed by atoms with Crippen molar-refractivity contribution in [3.05, 3.63) is 70.0 Å². The highest BCUT2D eigenvalue weighted by Gasteiger charge is 2.17. The number of anilines is 3. The van der Waals surface area contributed by atoms with Crippen molar-refractivity contribution in [1.82, 2.24) is 15.2 Å². The second-order valence-electron chi connectivity index (χ2n) is 7.58. The van der Waals surface area contributed by atoms with Crippen LogP contribution in [0.2, 0.25) is 10.0 Å². The smallest absolute Gasteiger partial charge is 0.224 e. The predicted octanol–water partition coefficient (Wildman–Crippen LogP) is 6.81. The third-order valence-electron chi connectivity index (χ3n) is 5.26. The van der Waals surface area contributed by atoms with Crippen molar-refractivity contribution in [2.24, 2.45) is 0 Å². The first-order valence-corrected chi connectivity index (χ1v) is 11.2. The second kappa shape index (κ2) is 9.68. The van der Waals surface area contributed by atoms with Gasteiger partial charge in [0.1, 0.15) is 11.9 Å². The molecule has 2 aromatic heterocycles. The van der Waals surface area contributed by atoms with Crippen molar-refractivity contribution >= 4 is 57.2 Å². The van der Waals surface area contributed by atoms with Crippen molar-refractivity contribution in [3.63, 3.8) is 0 Å². The fourth-order valence-electron chi connectivity index (χ4n) is 3.53. The van der Waals surface area contributed by atoms with Gasteiger partial charge >= 0.3 is 0 Å². The Bertz CT molecular complexity index is 1300. The quantitative estimate of drug-likeness (QED) is 0.268. The summed E-state index contributed by atoms with van der Waals surface area (Å²) in [6.45, 7) is 5.66. The van der Waals surface area contributed by atoms with E-state index in [4.69, 9.17) is 27.9 Å². The molecular formula is C24H23Cl2N5O2. The zero-order valence-corrected chi connectivity index (χ0v) is 19.9. The fourth-order valence-corrected chi connectivity index (χ4v) is 4.20. The summed E-state index contributed by atoms with van der Waals surface area (Å²) < 4.78 is 6.14. The molecule has 2 heterocycles. The molecule has 1 unspecified atom stereocenters. The minimum Gasteiger partial charge on any atom is -0.486 e. The summed E-state index contributed by atoms with van der Waals surface area (Å²) in [5.41, 5.74) is 3.96. The number of halogens is 2. The van der Waals surface area contributed by atoms with Crippen molar-refractivity contribution < 1.29 is 9.53 Å². The molecule has 1 amide bonds. The summed E-state index contributed by atoms with van der Waals surface area (Å²) in [6, 6.07) is 11.4. The number of para-hydroxylation sites is 1. The molecule has 7 nitrogen and oxygen atoms in total. The second-order valence-corrected chi connectivity index (χ2v) is 8.40. The van der Waals surface area contributed by atoms with Crippen LogP contribution in [0.25, 0.3) is 10.9 Å². The number of pyridine rings is 1. The number of aromatic nitrogens is 3. The van der Waals surface area contributed by atoms with Gasteiger partial charge in [-0.15, -0.1) is 0 Å². The molecule has 0 radical (unpaired) electrons. The molecule has 0 spiro atoms. The third kappa shape index (κ3) is 4.89. The van der Waals surface area contributed by atoms with E-state index in [1.54, 1.807) is 12.4 Å². The van der Waals surface area contributed by atoms with Gasteiger partial charge in [-0.1, -0.05) is 42.3 Å². The van der Waals surface area contributed by atoms with Crippen LogP contribution in [0.3, 0.4) is 0 Å². The van der Waals surface area contributed by atoms with Crippen molar-refractivity contribution in [1.29, 1.82) is 0 Å². The number of nitrogens with one attached hydrogen (secondary N) is 3. The molecular weight excluding hydrogens is 461 g/mol. The molecule has 1 atom stereocenters. The Morgan fingerprint density at radius 3 is 2.67 bits per heavy atom. The Balaban J connectivity index is 1.64. The molecule has 0 fully saturated rings. The number of hydrogen-bond acceptors (Lipinski definition) is 5. The molecule has 170 valence electrons. The predicted molar refractivity (Wildman–Crippen MR) is 133 cm³/mol. The zero-order chi connectivity index (χ0) is 23.5. The van der Waals surface area contributed by atoms with Gasteiger partial charge < -0.3 is 15.4 Å². The standard InChI is InChI=1S/C24H23Cl2N5O2/c1-4-21(32)28-20-7-5-6-13(2)23(20)29-24-16-10-15(8-9-19(16)30-31-24)33-14(3)22-17(25)11-27-12-18(22)26/h5-12,14H,4H2,1-3H3,(H,28,32)(H2,29,30,31). The Morgan fingerprint density at radius 1 is 1.18 bits per heavy atom. The summed E-state index contributed by atoms with van der Waals surface area (Å²) >= 11 is 12.6. The monoisotopic (exact) mass is 483 g/mol. The summed E-state index contributed by atoms with van der Waals surface area (Å²) in [7, 11) is 0. The molecule has 33 heavy (non-hydrogen) atoms. The van der Waals surface area contributed by atoms with Gasteiger partial charge in [0.05, 0.1) is 26.9 Å². The van der Waals surface area contributed by atoms with E-state index in [2.05, 4.69) is 25.8 Å². The largest absolute Gasteiger partial charge is 0.486 e. The van der Waals surface area contributed by atoms with Gasteiger partial charge in [0.25, 0.3) is 0 Å². The van der Waals surface area contributed by atoms with E-state index >= 15 is 0 Å². The lowest BCUT2D eigenvalue weighted by Crippen LogP contribution is -2.11. The van der Waals surface area contributed by atoms with Crippen LogP contribution in [-0.2, 0) is 4.79 Å². The number of carbonyl (C=O) groups excluding carboxylic acids is 1. The average Bonchev–Trinajstić information content (AvgIpc) is 3.18. The molecule has 0 saturated carbocycles. The number of aryl methyl sites for hydroxylation is 1. The van der Waals surface area contributed by atoms with Crippen LogP contribution >= 0.6 is 23.2 Å². The third-order valence-corrected chi connectivity index (χ3v) is 5.86. The van der Waals surface area contributed by atoms with Gasteiger partial charge in [-0.05, 0) is 43.7 Å². The highest BCUT2D eigenvalue weighted by atomic mass is 35.5. The number of hydrogen-bond donors (Lipinski definition) is 3. The first kappa shape index (κ1) is 22.9. The van der Waals surface area contributed by atoms with Crippen molar-refractivity contribution in [3.8, 4) is 5.75 Å². The maximum atomic E-state index is 12.0. The summed E-state index contributed by atoms with van der Waals surface area (Å²) in [5.74, 6) is 1.19. The molecule has 4 rings (SSSR count). The Labute approximate surface area is 201 Å². The van der Waals surface area contributed by atoms with E-state index in [0.29, 0.717) is 39.3 Å². The molecule has 0 aliphatic carbocycles. The van der Waals surface area contributed by atoms with Gasteiger partial charge in [0.2, 0.25) is 5.91 Å². The Hall–Kier alpha value is -3.29. The van der Waals surface area contributed by atoms with Crippen LogP contribution in [0, 0.1) is 6.92 Å². The number of carbonyl (C=O) groups is 1. The highest BCUT2D eigenvalue weighted by molar-refractivity contribution is 6.35. The number of aromatic amines is 1. The van der Waals surface area contributed by atoms with E-state index in [0.717, 1.165) is 22.2 Å². The van der Waals surface area contributed by atoms with Gasteiger partial charge in [-0.2, -0.15) is 5.10 Å². The van der Waals surface area contributed by atoms with Gasteiger partial charge in [-0.25, -0.2) is 0 Å². The minimum absolute atomic E-state index is 0.0614. The lowest BCUT2D eigenvalue weighted by atomic mass is 10.1. The molecule has 9 heteroatoms. The lowest BCUT2D eigenvalue weighted by Gasteiger charge is -2.17. The molecule has 0 aliphatic heterocycles. The number of ether oxygens (including phenoxy) is 1. The van der Waals surface area contributed by atoms with Crippen LogP contribution in [0.1, 0.15) is 37.5 Å². The number of H-pyrrole nitrogens is 1. The van der Waals surface area contributed by atoms with Crippen LogP contribution in [0.4, 0.5) is 17.2 Å². The minimum atomic E-state index is -0.388. The number of fused-ring (bicyclic) bond motifs is 1. The molecule has 4 aromatic rings. The normalized spacial score (nSPS) is 11.9. The van der Waals surface area contributed by atoms with Crippen LogP contribution in [0.5, 0.6) is 5.75 Å². The molecule has 0 bridgehead atoms. The number of nitrogens with zero attached hydrogens (tertiary/aromatic N) is 2. The summed E-state index contributed by atoms with van der Waals surface area (Å²) in [6.07, 6.45) is 3.09.